The molecule has 106 valence electrons. The van der Waals surface area contributed by atoms with Crippen LogP contribution >= 0.6 is 0 Å². The third-order valence-corrected chi connectivity index (χ3v) is 3.37. The first-order valence-electron chi connectivity index (χ1n) is 6.75. The average Bonchev–Trinajstić information content (AvgIpc) is 2.70. The average molecular weight is 266 g/mol. The summed E-state index contributed by atoms with van der Waals surface area (Å²) in [4.78, 5) is 14.4. The van der Waals surface area contributed by atoms with Gasteiger partial charge in [-0.3, -0.25) is 9.58 Å². The van der Waals surface area contributed by atoms with E-state index in [1.54, 1.807) is 4.68 Å². The summed E-state index contributed by atoms with van der Waals surface area (Å²) in [5.74, 6) is -0.180. The van der Waals surface area contributed by atoms with E-state index in [0.29, 0.717) is 6.61 Å². The van der Waals surface area contributed by atoms with Crippen LogP contribution in [0.15, 0.2) is 6.20 Å². The molecule has 2 heterocycles. The number of esters is 1. The molecule has 6 heteroatoms. The number of nitrogens with one attached hydrogen (secondary N) is 1. The quantitative estimate of drug-likeness (QED) is 0.791. The molecule has 1 atom stereocenters. The van der Waals surface area contributed by atoms with Crippen molar-refractivity contribution in [3.05, 3.63) is 17.5 Å². The predicted octanol–water partition coefficient (Wildman–Crippen LogP) is 0.238. The normalized spacial score (nSPS) is 18.3. The van der Waals surface area contributed by atoms with Crippen LogP contribution in [0.5, 0.6) is 0 Å². The number of hydrogen-bond acceptors (Lipinski definition) is 5. The van der Waals surface area contributed by atoms with Crippen LogP contribution in [0.25, 0.3) is 0 Å². The smallest absolute Gasteiger partial charge is 0.328 e. The van der Waals surface area contributed by atoms with Gasteiger partial charge in [0.1, 0.15) is 6.04 Å². The summed E-state index contributed by atoms with van der Waals surface area (Å²) < 4.78 is 6.99. The van der Waals surface area contributed by atoms with Crippen molar-refractivity contribution in [2.24, 2.45) is 7.05 Å². The molecule has 2 rings (SSSR count). The van der Waals surface area contributed by atoms with E-state index in [0.717, 1.165) is 37.4 Å². The van der Waals surface area contributed by atoms with E-state index in [1.165, 1.54) is 0 Å². The van der Waals surface area contributed by atoms with Gasteiger partial charge in [-0.2, -0.15) is 5.10 Å². The SMILES string of the molecule is CCOC(=O)C(c1cn(C)nc1C)N1CCNCC1. The molecule has 1 aliphatic heterocycles. The maximum Gasteiger partial charge on any atom is 0.328 e. The van der Waals surface area contributed by atoms with Crippen LogP contribution in [0.3, 0.4) is 0 Å². The van der Waals surface area contributed by atoms with Crippen molar-refractivity contribution in [2.45, 2.75) is 19.9 Å². The van der Waals surface area contributed by atoms with Crippen LogP contribution in [0.1, 0.15) is 24.2 Å². The molecule has 1 saturated heterocycles. The molecular formula is C13H22N4O2. The lowest BCUT2D eigenvalue weighted by molar-refractivity contribution is -0.150. The Kier molecular flexibility index (Phi) is 4.55. The van der Waals surface area contributed by atoms with Gasteiger partial charge in [0.15, 0.2) is 0 Å². The Balaban J connectivity index is 2.27. The van der Waals surface area contributed by atoms with E-state index in [-0.39, 0.29) is 12.0 Å². The highest BCUT2D eigenvalue weighted by Crippen LogP contribution is 2.25. The second-order valence-electron chi connectivity index (χ2n) is 4.78. The van der Waals surface area contributed by atoms with Crippen LogP contribution in [0.2, 0.25) is 0 Å². The van der Waals surface area contributed by atoms with Crippen molar-refractivity contribution >= 4 is 5.97 Å². The van der Waals surface area contributed by atoms with Crippen molar-refractivity contribution < 1.29 is 9.53 Å². The van der Waals surface area contributed by atoms with E-state index in [2.05, 4.69) is 15.3 Å². The Morgan fingerprint density at radius 1 is 1.53 bits per heavy atom. The second kappa shape index (κ2) is 6.16. The zero-order valence-corrected chi connectivity index (χ0v) is 11.8. The molecule has 0 radical (unpaired) electrons. The van der Waals surface area contributed by atoms with E-state index in [4.69, 9.17) is 4.74 Å². The molecule has 1 unspecified atom stereocenters. The molecule has 0 spiro atoms. The summed E-state index contributed by atoms with van der Waals surface area (Å²) in [5, 5.41) is 7.63. The molecule has 1 aromatic heterocycles. The van der Waals surface area contributed by atoms with Gasteiger partial charge in [0.2, 0.25) is 0 Å². The van der Waals surface area contributed by atoms with E-state index >= 15 is 0 Å². The summed E-state index contributed by atoms with van der Waals surface area (Å²) >= 11 is 0. The topological polar surface area (TPSA) is 59.4 Å². The first-order valence-corrected chi connectivity index (χ1v) is 6.75. The van der Waals surface area contributed by atoms with Crippen LogP contribution in [0, 0.1) is 6.92 Å². The third-order valence-electron chi connectivity index (χ3n) is 3.37. The molecule has 0 aromatic carbocycles. The highest BCUT2D eigenvalue weighted by molar-refractivity contribution is 5.78. The number of rotatable bonds is 4. The first-order chi connectivity index (χ1) is 9.13. The minimum atomic E-state index is -0.337. The Morgan fingerprint density at radius 3 is 2.74 bits per heavy atom. The van der Waals surface area contributed by atoms with Crippen LogP contribution in [-0.4, -0.2) is 53.4 Å². The molecule has 1 fully saturated rings. The second-order valence-corrected chi connectivity index (χ2v) is 4.78. The summed E-state index contributed by atoms with van der Waals surface area (Å²) in [6, 6.07) is -0.337. The molecule has 0 aliphatic carbocycles. The zero-order chi connectivity index (χ0) is 13.8. The van der Waals surface area contributed by atoms with Crippen molar-refractivity contribution in [3.8, 4) is 0 Å². The first kappa shape index (κ1) is 14.0. The Hall–Kier alpha value is -1.40. The van der Waals surface area contributed by atoms with Gasteiger partial charge < -0.3 is 10.1 Å². The number of carbonyl (C=O) groups is 1. The van der Waals surface area contributed by atoms with Crippen LogP contribution < -0.4 is 5.32 Å². The van der Waals surface area contributed by atoms with Gasteiger partial charge in [-0.15, -0.1) is 0 Å². The number of ether oxygens (including phenoxy) is 1. The molecule has 1 aromatic rings. The van der Waals surface area contributed by atoms with Gasteiger partial charge in [0, 0.05) is 45.0 Å². The molecular weight excluding hydrogens is 244 g/mol. The van der Waals surface area contributed by atoms with E-state index in [9.17, 15) is 4.79 Å². The summed E-state index contributed by atoms with van der Waals surface area (Å²) in [5.41, 5.74) is 1.84. The Bertz CT molecular complexity index is 438. The number of piperazine rings is 1. The lowest BCUT2D eigenvalue weighted by Crippen LogP contribution is -2.47. The minimum absolute atomic E-state index is 0.180. The fourth-order valence-corrected chi connectivity index (χ4v) is 2.52. The number of carbonyl (C=O) groups excluding carboxylic acids is 1. The maximum absolute atomic E-state index is 12.3. The minimum Gasteiger partial charge on any atom is -0.465 e. The largest absolute Gasteiger partial charge is 0.465 e. The zero-order valence-electron chi connectivity index (χ0n) is 11.8. The lowest BCUT2D eigenvalue weighted by atomic mass is 10.1. The van der Waals surface area contributed by atoms with Crippen molar-refractivity contribution in [3.63, 3.8) is 0 Å². The fraction of sp³-hybridized carbons (Fsp3) is 0.692. The highest BCUT2D eigenvalue weighted by Gasteiger charge is 2.32. The summed E-state index contributed by atoms with van der Waals surface area (Å²) in [7, 11) is 1.87. The molecule has 6 nitrogen and oxygen atoms in total. The van der Waals surface area contributed by atoms with Crippen molar-refractivity contribution in [2.75, 3.05) is 32.8 Å². The van der Waals surface area contributed by atoms with E-state index in [1.807, 2.05) is 27.1 Å². The van der Waals surface area contributed by atoms with Crippen molar-refractivity contribution in [1.29, 1.82) is 0 Å². The van der Waals surface area contributed by atoms with E-state index < -0.39 is 0 Å². The molecule has 0 saturated carbocycles. The molecule has 0 bridgehead atoms. The lowest BCUT2D eigenvalue weighted by Gasteiger charge is -2.33. The highest BCUT2D eigenvalue weighted by atomic mass is 16.5. The third kappa shape index (κ3) is 3.13. The van der Waals surface area contributed by atoms with Gasteiger partial charge in [0.25, 0.3) is 0 Å². The number of hydrogen-bond donors (Lipinski definition) is 1. The van der Waals surface area contributed by atoms with Gasteiger partial charge >= 0.3 is 5.97 Å². The Morgan fingerprint density at radius 2 is 2.21 bits per heavy atom. The summed E-state index contributed by atoms with van der Waals surface area (Å²) in [6.45, 7) is 7.66. The van der Waals surface area contributed by atoms with Gasteiger partial charge in [0.05, 0.1) is 12.3 Å². The fourth-order valence-electron chi connectivity index (χ4n) is 2.52. The van der Waals surface area contributed by atoms with Crippen LogP contribution in [0.4, 0.5) is 0 Å². The maximum atomic E-state index is 12.3. The van der Waals surface area contributed by atoms with Gasteiger partial charge in [-0.1, -0.05) is 0 Å². The molecule has 1 aliphatic rings. The predicted molar refractivity (Wildman–Crippen MR) is 71.8 cm³/mol. The standard InChI is InChI=1S/C13H22N4O2/c1-4-19-13(18)12(17-7-5-14-6-8-17)11-9-16(3)15-10(11)2/h9,12,14H,4-8H2,1-3H3. The Labute approximate surface area is 113 Å². The number of nitrogens with zero attached hydrogens (tertiary/aromatic N) is 3. The number of aryl methyl sites for hydroxylation is 2. The molecule has 0 amide bonds. The van der Waals surface area contributed by atoms with Crippen LogP contribution in [-0.2, 0) is 16.6 Å². The number of aromatic nitrogens is 2. The molecule has 1 N–H and O–H groups in total. The monoisotopic (exact) mass is 266 g/mol. The van der Waals surface area contributed by atoms with Gasteiger partial charge in [-0.25, -0.2) is 4.79 Å². The van der Waals surface area contributed by atoms with Crippen molar-refractivity contribution in [1.82, 2.24) is 20.0 Å². The molecule has 19 heavy (non-hydrogen) atoms. The van der Waals surface area contributed by atoms with Gasteiger partial charge in [-0.05, 0) is 13.8 Å². The summed E-state index contributed by atoms with van der Waals surface area (Å²) in [6.07, 6.45) is 1.92.